The lowest BCUT2D eigenvalue weighted by Gasteiger charge is -2.28. The number of rotatable bonds is 3. The highest BCUT2D eigenvalue weighted by Gasteiger charge is 2.24. The lowest BCUT2D eigenvalue weighted by molar-refractivity contribution is 0.258. The molecule has 0 aliphatic carbocycles. The first-order chi connectivity index (χ1) is 10.1. The van der Waals surface area contributed by atoms with E-state index < -0.39 is 17.7 Å². The van der Waals surface area contributed by atoms with Gasteiger partial charge >= 0.3 is 0 Å². The molecule has 0 fully saturated rings. The molecular weight excluding hydrogens is 272 g/mol. The van der Waals surface area contributed by atoms with Gasteiger partial charge in [0.05, 0.1) is 6.61 Å². The van der Waals surface area contributed by atoms with Crippen molar-refractivity contribution in [1.29, 1.82) is 0 Å². The molecule has 2 unspecified atom stereocenters. The monoisotopic (exact) mass is 289 g/mol. The first-order valence-corrected chi connectivity index (χ1v) is 7.07. The van der Waals surface area contributed by atoms with Gasteiger partial charge in [0.25, 0.3) is 0 Å². The molecule has 0 saturated heterocycles. The molecule has 4 heteroatoms. The molecule has 2 aromatic carbocycles. The highest BCUT2D eigenvalue weighted by molar-refractivity contribution is 5.38. The second-order valence-electron chi connectivity index (χ2n) is 5.38. The summed E-state index contributed by atoms with van der Waals surface area (Å²) >= 11 is 0. The van der Waals surface area contributed by atoms with Crippen molar-refractivity contribution in [3.05, 3.63) is 65.2 Å². The van der Waals surface area contributed by atoms with Crippen LogP contribution in [-0.2, 0) is 0 Å². The minimum Gasteiger partial charge on any atom is -0.493 e. The maximum atomic E-state index is 13.8. The Morgan fingerprint density at radius 3 is 2.81 bits per heavy atom. The van der Waals surface area contributed by atoms with E-state index in [1.54, 1.807) is 0 Å². The third-order valence-corrected chi connectivity index (χ3v) is 3.98. The first kappa shape index (κ1) is 14.0. The molecule has 1 aliphatic rings. The van der Waals surface area contributed by atoms with Gasteiger partial charge in [0.1, 0.15) is 17.4 Å². The molecule has 0 amide bonds. The van der Waals surface area contributed by atoms with Gasteiger partial charge < -0.3 is 10.5 Å². The Morgan fingerprint density at radius 2 is 2.00 bits per heavy atom. The number of hydrogen-bond acceptors (Lipinski definition) is 2. The molecule has 2 N–H and O–H groups in total. The van der Waals surface area contributed by atoms with Crippen LogP contribution in [0.25, 0.3) is 0 Å². The summed E-state index contributed by atoms with van der Waals surface area (Å²) in [4.78, 5) is 0. The zero-order valence-corrected chi connectivity index (χ0v) is 11.6. The Labute approximate surface area is 122 Å². The first-order valence-electron chi connectivity index (χ1n) is 7.07. The van der Waals surface area contributed by atoms with E-state index >= 15 is 0 Å². The molecule has 2 aromatic rings. The summed E-state index contributed by atoms with van der Waals surface area (Å²) in [6.07, 6.45) is 1.47. The van der Waals surface area contributed by atoms with Gasteiger partial charge in [-0.15, -0.1) is 0 Å². The van der Waals surface area contributed by atoms with Gasteiger partial charge in [0, 0.05) is 17.7 Å². The molecular formula is C17H17F2NO. The van der Waals surface area contributed by atoms with Crippen LogP contribution in [0, 0.1) is 11.6 Å². The number of fused-ring (bicyclic) bond motifs is 1. The largest absolute Gasteiger partial charge is 0.493 e. The van der Waals surface area contributed by atoms with E-state index in [1.807, 2.05) is 24.3 Å². The van der Waals surface area contributed by atoms with Crippen LogP contribution in [0.5, 0.6) is 5.75 Å². The van der Waals surface area contributed by atoms with Gasteiger partial charge in [0.2, 0.25) is 0 Å². The van der Waals surface area contributed by atoms with Crippen molar-refractivity contribution in [2.24, 2.45) is 5.73 Å². The average molecular weight is 289 g/mol. The minimum absolute atomic E-state index is 0.231. The van der Waals surface area contributed by atoms with Crippen LogP contribution in [0.1, 0.15) is 35.9 Å². The number of ether oxygens (including phenoxy) is 1. The molecule has 0 aromatic heterocycles. The molecule has 0 radical (unpaired) electrons. The Hall–Kier alpha value is -1.94. The van der Waals surface area contributed by atoms with Crippen molar-refractivity contribution < 1.29 is 13.5 Å². The lowest BCUT2D eigenvalue weighted by atomic mass is 9.86. The molecule has 3 rings (SSSR count). The van der Waals surface area contributed by atoms with Gasteiger partial charge in [-0.25, -0.2) is 8.78 Å². The highest BCUT2D eigenvalue weighted by atomic mass is 19.1. The second kappa shape index (κ2) is 5.82. The van der Waals surface area contributed by atoms with Crippen molar-refractivity contribution >= 4 is 0 Å². The lowest BCUT2D eigenvalue weighted by Crippen LogP contribution is -2.20. The molecule has 2 atom stereocenters. The van der Waals surface area contributed by atoms with E-state index in [0.717, 1.165) is 23.8 Å². The van der Waals surface area contributed by atoms with Crippen LogP contribution in [0.3, 0.4) is 0 Å². The Morgan fingerprint density at radius 1 is 1.19 bits per heavy atom. The van der Waals surface area contributed by atoms with Gasteiger partial charge in [0.15, 0.2) is 0 Å². The summed E-state index contributed by atoms with van der Waals surface area (Å²) in [7, 11) is 0. The van der Waals surface area contributed by atoms with E-state index in [2.05, 4.69) is 0 Å². The summed E-state index contributed by atoms with van der Waals surface area (Å²) in [6, 6.07) is 11.0. The zero-order valence-electron chi connectivity index (χ0n) is 11.6. The van der Waals surface area contributed by atoms with Gasteiger partial charge in [-0.3, -0.25) is 0 Å². The molecule has 2 nitrogen and oxygen atoms in total. The van der Waals surface area contributed by atoms with E-state index in [9.17, 15) is 8.78 Å². The van der Waals surface area contributed by atoms with Crippen LogP contribution in [0.2, 0.25) is 0 Å². The van der Waals surface area contributed by atoms with Crippen molar-refractivity contribution in [2.45, 2.75) is 24.8 Å². The topological polar surface area (TPSA) is 35.2 Å². The Balaban J connectivity index is 1.81. The van der Waals surface area contributed by atoms with Gasteiger partial charge in [-0.1, -0.05) is 24.3 Å². The van der Waals surface area contributed by atoms with Crippen LogP contribution >= 0.6 is 0 Å². The van der Waals surface area contributed by atoms with Crippen molar-refractivity contribution in [3.63, 3.8) is 0 Å². The summed E-state index contributed by atoms with van der Waals surface area (Å²) < 4.78 is 32.4. The maximum Gasteiger partial charge on any atom is 0.130 e. The third-order valence-electron chi connectivity index (χ3n) is 3.98. The summed E-state index contributed by atoms with van der Waals surface area (Å²) in [5, 5.41) is 0. The quantitative estimate of drug-likeness (QED) is 0.929. The van der Waals surface area contributed by atoms with E-state index in [1.165, 1.54) is 12.1 Å². The van der Waals surface area contributed by atoms with Crippen LogP contribution in [0.4, 0.5) is 8.78 Å². The van der Waals surface area contributed by atoms with E-state index in [4.69, 9.17) is 10.5 Å². The Kier molecular flexibility index (Phi) is 3.88. The number of halogens is 2. The van der Waals surface area contributed by atoms with E-state index in [0.29, 0.717) is 18.6 Å². The summed E-state index contributed by atoms with van der Waals surface area (Å²) in [6.45, 7) is 0.639. The SMILES string of the molecule is NC(CC1CCOc2ccccc21)c1ccc(F)cc1F. The number of para-hydroxylation sites is 1. The van der Waals surface area contributed by atoms with Crippen LogP contribution in [-0.4, -0.2) is 6.61 Å². The summed E-state index contributed by atoms with van der Waals surface area (Å²) in [5.41, 5.74) is 7.60. The number of benzene rings is 2. The predicted molar refractivity (Wildman–Crippen MR) is 77.2 cm³/mol. The van der Waals surface area contributed by atoms with Crippen molar-refractivity contribution in [2.75, 3.05) is 6.61 Å². The molecule has 1 aliphatic heterocycles. The molecule has 110 valence electrons. The minimum atomic E-state index is -0.583. The fourth-order valence-corrected chi connectivity index (χ4v) is 2.90. The normalized spacial score (nSPS) is 18.7. The molecule has 1 heterocycles. The predicted octanol–water partition coefficient (Wildman–Crippen LogP) is 3.92. The molecule has 21 heavy (non-hydrogen) atoms. The fraction of sp³-hybridized carbons (Fsp3) is 0.294. The second-order valence-corrected chi connectivity index (χ2v) is 5.38. The average Bonchev–Trinajstić information content (AvgIpc) is 2.47. The fourth-order valence-electron chi connectivity index (χ4n) is 2.90. The maximum absolute atomic E-state index is 13.8. The number of nitrogens with two attached hydrogens (primary N) is 1. The van der Waals surface area contributed by atoms with Crippen molar-refractivity contribution in [1.82, 2.24) is 0 Å². The van der Waals surface area contributed by atoms with Gasteiger partial charge in [-0.2, -0.15) is 0 Å². The van der Waals surface area contributed by atoms with Crippen LogP contribution in [0.15, 0.2) is 42.5 Å². The van der Waals surface area contributed by atoms with Gasteiger partial charge in [-0.05, 0) is 36.5 Å². The molecule has 0 bridgehead atoms. The molecule has 0 spiro atoms. The van der Waals surface area contributed by atoms with Crippen molar-refractivity contribution in [3.8, 4) is 5.75 Å². The summed E-state index contributed by atoms with van der Waals surface area (Å²) in [5.74, 6) is -0.0577. The third kappa shape index (κ3) is 2.90. The zero-order chi connectivity index (χ0) is 14.8. The smallest absolute Gasteiger partial charge is 0.130 e. The molecule has 0 saturated carbocycles. The van der Waals surface area contributed by atoms with Crippen LogP contribution < -0.4 is 10.5 Å². The Bertz CT molecular complexity index is 644. The highest BCUT2D eigenvalue weighted by Crippen LogP contribution is 2.38. The standard InChI is InChI=1S/C17H17F2NO/c18-12-5-6-14(15(19)10-12)16(20)9-11-7-8-21-17-4-2-1-3-13(11)17/h1-6,10-11,16H,7-9,20H2. The number of hydrogen-bond donors (Lipinski definition) is 1. The van der Waals surface area contributed by atoms with E-state index in [-0.39, 0.29) is 5.92 Å².